The molecule has 2 unspecified atom stereocenters. The van der Waals surface area contributed by atoms with Crippen LogP contribution in [0.5, 0.6) is 0 Å². The molecule has 1 aliphatic rings. The molecule has 2 atom stereocenters. The van der Waals surface area contributed by atoms with Crippen LogP contribution in [0.1, 0.15) is 14.6 Å². The van der Waals surface area contributed by atoms with Gasteiger partial charge in [-0.05, 0) is 6.05 Å². The second-order valence-electron chi connectivity index (χ2n) is 1.31. The molecule has 3 nitrogen and oxygen atoms in total. The Morgan fingerprint density at radius 1 is 2.00 bits per heavy atom. The van der Waals surface area contributed by atoms with Crippen LogP contribution in [-0.2, 0) is 0 Å². The summed E-state index contributed by atoms with van der Waals surface area (Å²) in [6, 6.07) is -6.19. The Balaban J connectivity index is 3.45. The lowest BCUT2D eigenvalue weighted by Crippen LogP contribution is -2.16. The summed E-state index contributed by atoms with van der Waals surface area (Å²) in [7, 11) is 0. The fourth-order valence-electron chi connectivity index (χ4n) is 0.370. The van der Waals surface area contributed by atoms with E-state index in [0.29, 0.717) is 0 Å². The van der Waals surface area contributed by atoms with Gasteiger partial charge in [0.05, 0.1) is 5.48 Å². The third kappa shape index (κ3) is 1.38. The molecule has 0 saturated carbocycles. The predicted octanol–water partition coefficient (Wildman–Crippen LogP) is 1.15. The molecule has 0 amide bonds. The van der Waals surface area contributed by atoms with Crippen LogP contribution >= 0.6 is 0 Å². The molecule has 0 aromatic rings. The Labute approximate surface area is 61.3 Å². The first-order valence-corrected chi connectivity index (χ1v) is 2.17. The topological polar surface area (TPSA) is 43.1 Å². The molecular formula is C6H7NO2. The van der Waals surface area contributed by atoms with Crippen molar-refractivity contribution in [3.8, 4) is 0 Å². The van der Waals surface area contributed by atoms with Crippen molar-refractivity contribution in [1.29, 1.82) is 0 Å². The largest absolute Gasteiger partial charge is 0.264 e. The third-order valence-electron chi connectivity index (χ3n) is 0.731. The molecule has 9 heavy (non-hydrogen) atoms. The summed E-state index contributed by atoms with van der Waals surface area (Å²) >= 11 is 0. The first-order chi connectivity index (χ1) is 6.74. The second-order valence-corrected chi connectivity index (χ2v) is 1.31. The average Bonchev–Trinajstić information content (AvgIpc) is 2.20. The molecule has 0 aromatic heterocycles. The summed E-state index contributed by atoms with van der Waals surface area (Å²) in [6.45, 7) is 0. The standard InChI is InChI=1S/C6H7NO2/c8-7(9)6-4-2-1-3-5-6/h1-4,6H,5H2/i1D,2D,3D,4D,5D,6D. The van der Waals surface area contributed by atoms with Gasteiger partial charge in [-0.15, -0.1) is 0 Å². The fraction of sp³-hybridized carbons (Fsp3) is 0.333. The van der Waals surface area contributed by atoms with Crippen LogP contribution in [0.2, 0.25) is 0 Å². The Morgan fingerprint density at radius 2 is 2.78 bits per heavy atom. The summed E-state index contributed by atoms with van der Waals surface area (Å²) in [5.74, 6) is 0. The molecular weight excluding hydrogens is 118 g/mol. The molecule has 0 spiro atoms. The highest BCUT2D eigenvalue weighted by Gasteiger charge is 2.14. The van der Waals surface area contributed by atoms with Crippen LogP contribution in [-0.4, -0.2) is 10.9 Å². The molecule has 0 radical (unpaired) electrons. The van der Waals surface area contributed by atoms with Crippen molar-refractivity contribution in [3.63, 3.8) is 0 Å². The lowest BCUT2D eigenvalue weighted by atomic mass is 10.1. The number of rotatable bonds is 1. The monoisotopic (exact) mass is 131 g/mol. The molecule has 48 valence electrons. The van der Waals surface area contributed by atoms with Gasteiger partial charge in [-0.2, -0.15) is 0 Å². The van der Waals surface area contributed by atoms with E-state index in [0.717, 1.165) is 0 Å². The van der Waals surface area contributed by atoms with Gasteiger partial charge in [0.2, 0.25) is 6.02 Å². The van der Waals surface area contributed by atoms with E-state index in [4.69, 9.17) is 8.22 Å². The van der Waals surface area contributed by atoms with Gasteiger partial charge in [0, 0.05) is 12.7 Å². The molecule has 0 bridgehead atoms. The van der Waals surface area contributed by atoms with Gasteiger partial charge in [-0.25, -0.2) is 0 Å². The maximum Gasteiger partial charge on any atom is 0.235 e. The Bertz CT molecular complexity index is 391. The van der Waals surface area contributed by atoms with Gasteiger partial charge >= 0.3 is 0 Å². The highest BCUT2D eigenvalue weighted by molar-refractivity contribution is 5.11. The molecule has 0 aromatic carbocycles. The maximum absolute atomic E-state index is 10.6. The normalized spacial score (nSPS) is 54.4. The number of hydrogen-bond donors (Lipinski definition) is 0. The van der Waals surface area contributed by atoms with Crippen LogP contribution in [0.15, 0.2) is 24.2 Å². The lowest BCUT2D eigenvalue weighted by Gasteiger charge is -2.02. The quantitative estimate of drug-likeness (QED) is 0.395. The fourth-order valence-corrected chi connectivity index (χ4v) is 0.370. The summed E-state index contributed by atoms with van der Waals surface area (Å²) < 4.78 is 43.4. The predicted molar refractivity (Wildman–Crippen MR) is 33.7 cm³/mol. The van der Waals surface area contributed by atoms with Gasteiger partial charge in [-0.1, -0.05) is 18.2 Å². The molecule has 0 heterocycles. The summed E-state index contributed by atoms with van der Waals surface area (Å²) in [6.07, 6.45) is -1.94. The van der Waals surface area contributed by atoms with E-state index < -0.39 is 41.5 Å². The minimum atomic E-state index is -2.85. The minimum Gasteiger partial charge on any atom is -0.264 e. The smallest absolute Gasteiger partial charge is 0.235 e. The van der Waals surface area contributed by atoms with Crippen molar-refractivity contribution >= 4 is 0 Å². The van der Waals surface area contributed by atoms with E-state index >= 15 is 0 Å². The van der Waals surface area contributed by atoms with Crippen LogP contribution in [0.25, 0.3) is 0 Å². The molecule has 0 aliphatic heterocycles. The van der Waals surface area contributed by atoms with Gasteiger partial charge < -0.3 is 0 Å². The van der Waals surface area contributed by atoms with Crippen molar-refractivity contribution in [2.45, 2.75) is 12.4 Å². The van der Waals surface area contributed by atoms with Gasteiger partial charge in [0.25, 0.3) is 0 Å². The molecule has 3 heteroatoms. The van der Waals surface area contributed by atoms with Crippen LogP contribution < -0.4 is 0 Å². The minimum absolute atomic E-state index is 0.704. The Hall–Kier alpha value is -1.12. The van der Waals surface area contributed by atoms with Crippen molar-refractivity contribution in [3.05, 3.63) is 34.3 Å². The van der Waals surface area contributed by atoms with Crippen molar-refractivity contribution < 1.29 is 13.1 Å². The number of allylic oxidation sites excluding steroid dienone is 2. The highest BCUT2D eigenvalue weighted by atomic mass is 16.6. The molecule has 1 aliphatic carbocycles. The number of nitro groups is 1. The van der Waals surface area contributed by atoms with E-state index in [1.807, 2.05) is 0 Å². The zero-order chi connectivity index (χ0) is 12.0. The van der Waals surface area contributed by atoms with E-state index in [-0.39, 0.29) is 0 Å². The summed E-state index contributed by atoms with van der Waals surface area (Å²) in [4.78, 5) is 9.41. The zero-order valence-corrected chi connectivity index (χ0v) is 4.34. The molecule has 0 saturated heterocycles. The highest BCUT2D eigenvalue weighted by Crippen LogP contribution is 2.05. The van der Waals surface area contributed by atoms with Crippen molar-refractivity contribution in [2.75, 3.05) is 0 Å². The summed E-state index contributed by atoms with van der Waals surface area (Å²) in [5, 5.41) is 10.6. The number of nitrogens with zero attached hydrogens (tertiary/aromatic N) is 1. The van der Waals surface area contributed by atoms with Gasteiger partial charge in [0.1, 0.15) is 1.37 Å². The van der Waals surface area contributed by atoms with Gasteiger partial charge in [0.15, 0.2) is 0 Å². The molecule has 0 fully saturated rings. The van der Waals surface area contributed by atoms with Crippen LogP contribution in [0, 0.1) is 10.1 Å². The van der Waals surface area contributed by atoms with Gasteiger partial charge in [-0.3, -0.25) is 10.1 Å². The first-order valence-electron chi connectivity index (χ1n) is 5.24. The Kier molecular flexibility index (Phi) is 0.524. The summed E-state index contributed by atoms with van der Waals surface area (Å²) in [5.41, 5.74) is 0. The van der Waals surface area contributed by atoms with E-state index in [1.165, 1.54) is 0 Å². The SMILES string of the molecule is [2H]C1=C([2H])C([2H])C([2H])([N+](=O)[O-])C([2H])=C1[2H]. The maximum atomic E-state index is 10.6. The second kappa shape index (κ2) is 2.44. The van der Waals surface area contributed by atoms with E-state index in [2.05, 4.69) is 0 Å². The first kappa shape index (κ1) is 1.94. The third-order valence-corrected chi connectivity index (χ3v) is 0.731. The van der Waals surface area contributed by atoms with E-state index in [9.17, 15) is 10.1 Å². The molecule has 0 N–H and O–H groups in total. The van der Waals surface area contributed by atoms with Crippen LogP contribution in [0.3, 0.4) is 0 Å². The average molecular weight is 131 g/mol. The van der Waals surface area contributed by atoms with Crippen molar-refractivity contribution in [2.24, 2.45) is 0 Å². The van der Waals surface area contributed by atoms with Crippen LogP contribution in [0.4, 0.5) is 0 Å². The zero-order valence-electron chi connectivity index (χ0n) is 10.3. The number of hydrogen-bond acceptors (Lipinski definition) is 2. The Morgan fingerprint density at radius 3 is 3.44 bits per heavy atom. The van der Waals surface area contributed by atoms with Crippen molar-refractivity contribution in [1.82, 2.24) is 0 Å². The van der Waals surface area contributed by atoms with E-state index in [1.54, 1.807) is 0 Å². The molecule has 1 rings (SSSR count). The lowest BCUT2D eigenvalue weighted by molar-refractivity contribution is -0.508.